The van der Waals surface area contributed by atoms with Crippen molar-refractivity contribution in [1.29, 1.82) is 0 Å². The minimum absolute atomic E-state index is 0.331. The number of hydrogen-bond acceptors (Lipinski definition) is 2. The predicted molar refractivity (Wildman–Crippen MR) is 111 cm³/mol. The van der Waals surface area contributed by atoms with E-state index in [2.05, 4.69) is 0 Å². The van der Waals surface area contributed by atoms with Gasteiger partial charge in [-0.25, -0.2) is 48.3 Å². The average Bonchev–Trinajstić information content (AvgIpc) is 2.90. The highest BCUT2D eigenvalue weighted by Crippen LogP contribution is 2.35. The van der Waals surface area contributed by atoms with E-state index >= 15 is 4.39 Å². The summed E-state index contributed by atoms with van der Waals surface area (Å²) in [6, 6.07) is 7.81. The summed E-state index contributed by atoms with van der Waals surface area (Å²) in [7, 11) is -2.72. The maximum absolute atomic E-state index is 15.2. The lowest BCUT2D eigenvalue weighted by Gasteiger charge is -2.22. The summed E-state index contributed by atoms with van der Waals surface area (Å²) in [5, 5.41) is 0. The van der Waals surface area contributed by atoms with Crippen LogP contribution in [-0.4, -0.2) is 7.12 Å². The van der Waals surface area contributed by atoms with Crippen LogP contribution in [0.15, 0.2) is 48.5 Å². The van der Waals surface area contributed by atoms with E-state index in [4.69, 9.17) is 9.31 Å². The monoisotopic (exact) mass is 548 g/mol. The molecular formula is C24H8BF11O2. The van der Waals surface area contributed by atoms with Gasteiger partial charge in [-0.05, 0) is 24.3 Å². The van der Waals surface area contributed by atoms with Gasteiger partial charge in [-0.2, -0.15) is 0 Å². The normalized spacial score (nSPS) is 11.0. The molecular weight excluding hydrogens is 540 g/mol. The molecule has 4 aromatic rings. The topological polar surface area (TPSA) is 18.5 Å². The van der Waals surface area contributed by atoms with Crippen LogP contribution >= 0.6 is 0 Å². The lowest BCUT2D eigenvalue weighted by atomic mass is 9.72. The minimum Gasteiger partial charge on any atom is -0.522 e. The molecule has 2 nitrogen and oxygen atoms in total. The van der Waals surface area contributed by atoms with Gasteiger partial charge in [-0.1, -0.05) is 18.2 Å². The molecule has 4 aromatic carbocycles. The molecule has 0 spiro atoms. The first-order valence-corrected chi connectivity index (χ1v) is 10.1. The first kappa shape index (κ1) is 26.8. The van der Waals surface area contributed by atoms with Gasteiger partial charge in [-0.15, -0.1) is 0 Å². The Balaban J connectivity index is 2.08. The predicted octanol–water partition coefficient (Wildman–Crippen LogP) is 6.74. The van der Waals surface area contributed by atoms with Gasteiger partial charge < -0.3 is 9.31 Å². The van der Waals surface area contributed by atoms with Crippen LogP contribution in [0.3, 0.4) is 0 Å². The van der Waals surface area contributed by atoms with E-state index in [1.165, 1.54) is 18.2 Å². The van der Waals surface area contributed by atoms with Crippen molar-refractivity contribution in [3.8, 4) is 22.6 Å². The van der Waals surface area contributed by atoms with E-state index in [1.54, 1.807) is 0 Å². The number of para-hydroxylation sites is 1. The van der Waals surface area contributed by atoms with Crippen molar-refractivity contribution in [2.45, 2.75) is 0 Å². The Morgan fingerprint density at radius 1 is 0.474 bits per heavy atom. The Kier molecular flexibility index (Phi) is 7.25. The van der Waals surface area contributed by atoms with Gasteiger partial charge in [0.05, 0.1) is 11.0 Å². The number of hydrogen-bond donors (Lipinski definition) is 0. The molecule has 0 unspecified atom stereocenters. The second-order valence-electron chi connectivity index (χ2n) is 7.44. The molecule has 0 heterocycles. The molecule has 0 N–H and O–H groups in total. The Labute approximate surface area is 206 Å². The number of halogens is 11. The second kappa shape index (κ2) is 10.3. The fourth-order valence-corrected chi connectivity index (χ4v) is 3.39. The van der Waals surface area contributed by atoms with Crippen molar-refractivity contribution < 1.29 is 57.6 Å². The van der Waals surface area contributed by atoms with Crippen molar-refractivity contribution in [1.82, 2.24) is 0 Å². The minimum atomic E-state index is -2.72. The van der Waals surface area contributed by atoms with E-state index < -0.39 is 93.4 Å². The number of benzene rings is 4. The summed E-state index contributed by atoms with van der Waals surface area (Å²) in [6.45, 7) is 0. The molecule has 196 valence electrons. The standard InChI is InChI=1S/C24H8BF11O2/c26-9-6-7-11(27)12(8-9)38-25(37-10-4-2-1-3-5-10)15-13(16(28)20(32)23(35)19(15)31)14-17(29)21(33)24(36)22(34)18(14)30/h1-8H. The molecule has 0 aliphatic rings. The zero-order chi connectivity index (χ0) is 27.9. The Hall–Kier alpha value is -4.23. The fourth-order valence-electron chi connectivity index (χ4n) is 3.39. The fraction of sp³-hybridized carbons (Fsp3) is 0. The summed E-state index contributed by atoms with van der Waals surface area (Å²) in [5.41, 5.74) is -6.03. The highest BCUT2D eigenvalue weighted by molar-refractivity contribution is 6.64. The molecule has 0 amide bonds. The first-order valence-electron chi connectivity index (χ1n) is 10.1. The Morgan fingerprint density at radius 2 is 0.974 bits per heavy atom. The van der Waals surface area contributed by atoms with Gasteiger partial charge >= 0.3 is 7.12 Å². The van der Waals surface area contributed by atoms with Gasteiger partial charge in [-0.3, -0.25) is 0 Å². The smallest absolute Gasteiger partial charge is 0.522 e. The summed E-state index contributed by atoms with van der Waals surface area (Å²) < 4.78 is 168. The highest BCUT2D eigenvalue weighted by Gasteiger charge is 2.42. The van der Waals surface area contributed by atoms with Crippen LogP contribution in [0.5, 0.6) is 11.5 Å². The maximum Gasteiger partial charge on any atom is 0.636 e. The Bertz CT molecular complexity index is 1520. The van der Waals surface area contributed by atoms with Crippen molar-refractivity contribution in [2.75, 3.05) is 0 Å². The molecule has 0 radical (unpaired) electrons. The third-order valence-electron chi connectivity index (χ3n) is 5.11. The van der Waals surface area contributed by atoms with Crippen molar-refractivity contribution in [3.05, 3.63) is 113 Å². The molecule has 4 rings (SSSR count). The lowest BCUT2D eigenvalue weighted by molar-refractivity contribution is 0.378. The third kappa shape index (κ3) is 4.61. The van der Waals surface area contributed by atoms with Crippen molar-refractivity contribution in [2.24, 2.45) is 0 Å². The van der Waals surface area contributed by atoms with Crippen LogP contribution in [0.4, 0.5) is 48.3 Å². The molecule has 0 aliphatic carbocycles. The molecule has 0 aromatic heterocycles. The van der Waals surface area contributed by atoms with E-state index in [0.717, 1.165) is 12.1 Å². The molecule has 0 aliphatic heterocycles. The van der Waals surface area contributed by atoms with Crippen molar-refractivity contribution >= 4 is 12.6 Å². The zero-order valence-electron chi connectivity index (χ0n) is 18.2. The third-order valence-corrected chi connectivity index (χ3v) is 5.11. The first-order chi connectivity index (χ1) is 17.9. The summed E-state index contributed by atoms with van der Waals surface area (Å²) in [5.74, 6) is -27.7. The Morgan fingerprint density at radius 3 is 1.55 bits per heavy atom. The highest BCUT2D eigenvalue weighted by atomic mass is 19.2. The quantitative estimate of drug-likeness (QED) is 0.115. The van der Waals surface area contributed by atoms with Crippen LogP contribution < -0.4 is 14.8 Å². The van der Waals surface area contributed by atoms with E-state index in [9.17, 15) is 43.9 Å². The largest absolute Gasteiger partial charge is 0.636 e. The SMILES string of the molecule is Fc1ccc(F)c(OB(Oc2ccccc2)c2c(F)c(F)c(F)c(F)c2-c2c(F)c(F)c(F)c(F)c2F)c1. The van der Waals surface area contributed by atoms with E-state index in [1.807, 2.05) is 0 Å². The van der Waals surface area contributed by atoms with Crippen LogP contribution in [0.25, 0.3) is 11.1 Å². The molecule has 14 heteroatoms. The maximum atomic E-state index is 15.2. The van der Waals surface area contributed by atoms with Crippen LogP contribution in [0.1, 0.15) is 0 Å². The lowest BCUT2D eigenvalue weighted by Crippen LogP contribution is -2.47. The van der Waals surface area contributed by atoms with Gasteiger partial charge in [0.15, 0.2) is 52.4 Å². The number of rotatable bonds is 6. The van der Waals surface area contributed by atoms with Crippen LogP contribution in [0, 0.1) is 64.0 Å². The van der Waals surface area contributed by atoms with Crippen LogP contribution in [-0.2, 0) is 0 Å². The van der Waals surface area contributed by atoms with Gasteiger partial charge in [0.2, 0.25) is 5.82 Å². The van der Waals surface area contributed by atoms with Crippen LogP contribution in [0.2, 0.25) is 0 Å². The molecule has 0 saturated carbocycles. The van der Waals surface area contributed by atoms with Gasteiger partial charge in [0.1, 0.15) is 17.3 Å². The summed E-state index contributed by atoms with van der Waals surface area (Å²) in [4.78, 5) is 0. The van der Waals surface area contributed by atoms with E-state index in [0.29, 0.717) is 18.2 Å². The second-order valence-corrected chi connectivity index (χ2v) is 7.44. The molecule has 0 fully saturated rings. The van der Waals surface area contributed by atoms with Crippen molar-refractivity contribution in [3.63, 3.8) is 0 Å². The molecule has 0 bridgehead atoms. The average molecular weight is 548 g/mol. The molecule has 38 heavy (non-hydrogen) atoms. The summed E-state index contributed by atoms with van der Waals surface area (Å²) >= 11 is 0. The van der Waals surface area contributed by atoms with Gasteiger partial charge in [0, 0.05) is 11.6 Å². The zero-order valence-corrected chi connectivity index (χ0v) is 18.2. The van der Waals surface area contributed by atoms with E-state index in [-0.39, 0.29) is 5.75 Å². The summed E-state index contributed by atoms with van der Waals surface area (Å²) in [6.07, 6.45) is 0. The molecule has 0 atom stereocenters. The van der Waals surface area contributed by atoms with Gasteiger partial charge in [0.25, 0.3) is 0 Å². The molecule has 0 saturated heterocycles.